The topological polar surface area (TPSA) is 108 Å². The first-order valence-electron chi connectivity index (χ1n) is 13.6. The number of aryl methyl sites for hydroxylation is 2. The third-order valence-electron chi connectivity index (χ3n) is 7.49. The van der Waals surface area contributed by atoms with Crippen molar-refractivity contribution < 1.29 is 19.0 Å². The van der Waals surface area contributed by atoms with Gasteiger partial charge in [0.15, 0.2) is 5.82 Å². The lowest BCUT2D eigenvalue weighted by Crippen LogP contribution is -2.52. The Bertz CT molecular complexity index is 1410. The van der Waals surface area contributed by atoms with Crippen molar-refractivity contribution in [3.05, 3.63) is 39.9 Å². The van der Waals surface area contributed by atoms with Crippen LogP contribution >= 0.6 is 11.6 Å². The zero-order valence-electron chi connectivity index (χ0n) is 23.9. The minimum atomic E-state index is -2.76. The fourth-order valence-corrected chi connectivity index (χ4v) is 5.10. The van der Waals surface area contributed by atoms with Gasteiger partial charge in [-0.25, -0.2) is 18.6 Å². The van der Waals surface area contributed by atoms with E-state index in [9.17, 15) is 23.8 Å². The molecule has 0 amide bonds. The fourth-order valence-electron chi connectivity index (χ4n) is 4.96. The van der Waals surface area contributed by atoms with Crippen LogP contribution in [0.15, 0.2) is 29.2 Å². The molecule has 1 aromatic carbocycles. The number of nitrogens with one attached hydrogen (secondary N) is 1. The van der Waals surface area contributed by atoms with Crippen LogP contribution < -0.4 is 15.9 Å². The van der Waals surface area contributed by atoms with Crippen molar-refractivity contribution >= 4 is 40.1 Å². The van der Waals surface area contributed by atoms with Crippen molar-refractivity contribution in [1.29, 1.82) is 0 Å². The van der Waals surface area contributed by atoms with Crippen molar-refractivity contribution in [2.24, 2.45) is 11.8 Å². The number of nitrogens with zero attached hydrogens (tertiary/aromatic N) is 5. The lowest BCUT2D eigenvalue weighted by molar-refractivity contribution is -0.105. The summed E-state index contributed by atoms with van der Waals surface area (Å²) in [5.41, 5.74) is -0.168. The minimum absolute atomic E-state index is 0.121. The Morgan fingerprint density at radius 3 is 2.12 bits per heavy atom. The zero-order valence-corrected chi connectivity index (χ0v) is 24.6. The van der Waals surface area contributed by atoms with Gasteiger partial charge in [0.25, 0.3) is 5.92 Å². The standard InChI is InChI=1S/C28H39ClF2N6O3/c1-17-15-35(16-18(2)28(17,30)31)24-32-14-20(29)23(34-24)33-19-7-8-21-22(13-19)37(12-10-27(5,6)40)25(38)36(21)11-9-26(3,4)39/h7-8,13-14,17-18,39-40H,9-12,15-16H2,1-6H3,(H,32,33,34)/t17-,18?/m0/s1. The van der Waals surface area contributed by atoms with Crippen LogP contribution in [-0.4, -0.2) is 59.5 Å². The van der Waals surface area contributed by atoms with E-state index in [1.165, 1.54) is 20.0 Å². The van der Waals surface area contributed by atoms with E-state index < -0.39 is 29.0 Å². The van der Waals surface area contributed by atoms with Crippen molar-refractivity contribution in [1.82, 2.24) is 19.1 Å². The second-order valence-electron chi connectivity index (χ2n) is 12.3. The van der Waals surface area contributed by atoms with Gasteiger partial charge in [0.1, 0.15) is 5.02 Å². The van der Waals surface area contributed by atoms with Crippen LogP contribution in [-0.2, 0) is 13.1 Å². The highest BCUT2D eigenvalue weighted by Crippen LogP contribution is 2.39. The van der Waals surface area contributed by atoms with Crippen LogP contribution in [0.4, 0.5) is 26.2 Å². The summed E-state index contributed by atoms with van der Waals surface area (Å²) >= 11 is 6.41. The van der Waals surface area contributed by atoms with E-state index in [4.69, 9.17) is 11.6 Å². The average Bonchev–Trinajstić information content (AvgIpc) is 3.10. The first-order valence-corrected chi connectivity index (χ1v) is 13.9. The molecule has 4 rings (SSSR count). The van der Waals surface area contributed by atoms with Crippen molar-refractivity contribution in [2.75, 3.05) is 23.3 Å². The molecule has 220 valence electrons. The van der Waals surface area contributed by atoms with Gasteiger partial charge in [-0.05, 0) is 58.7 Å². The van der Waals surface area contributed by atoms with Gasteiger partial charge >= 0.3 is 5.69 Å². The summed E-state index contributed by atoms with van der Waals surface area (Å²) in [5, 5.41) is 24.0. The molecule has 0 radical (unpaired) electrons. The number of piperidine rings is 1. The highest BCUT2D eigenvalue weighted by atomic mass is 35.5. The molecule has 0 bridgehead atoms. The fraction of sp³-hybridized carbons (Fsp3) is 0.607. The summed E-state index contributed by atoms with van der Waals surface area (Å²) in [6, 6.07) is 5.42. The number of fused-ring (bicyclic) bond motifs is 1. The summed E-state index contributed by atoms with van der Waals surface area (Å²) in [5.74, 6) is -3.84. The molecule has 3 N–H and O–H groups in total. The average molecular weight is 581 g/mol. The number of anilines is 3. The number of imidazole rings is 1. The molecule has 3 heterocycles. The molecule has 12 heteroatoms. The van der Waals surface area contributed by atoms with Gasteiger partial charge in [-0.2, -0.15) is 4.98 Å². The highest BCUT2D eigenvalue weighted by Gasteiger charge is 2.47. The monoisotopic (exact) mass is 580 g/mol. The maximum absolute atomic E-state index is 14.4. The molecular formula is C28H39ClF2N6O3. The van der Waals surface area contributed by atoms with Gasteiger partial charge in [-0.15, -0.1) is 0 Å². The van der Waals surface area contributed by atoms with Crippen LogP contribution in [0.3, 0.4) is 0 Å². The third kappa shape index (κ3) is 6.58. The van der Waals surface area contributed by atoms with Crippen molar-refractivity contribution in [3.63, 3.8) is 0 Å². The minimum Gasteiger partial charge on any atom is -0.390 e. The second-order valence-corrected chi connectivity index (χ2v) is 12.7. The Labute approximate surface area is 237 Å². The van der Waals surface area contributed by atoms with Crippen LogP contribution in [0.5, 0.6) is 0 Å². The molecule has 2 atom stereocenters. The summed E-state index contributed by atoms with van der Waals surface area (Å²) in [6.45, 7) is 10.7. The SMILES string of the molecule is CC1CN(c2ncc(Cl)c(Nc3ccc4c(c3)n(CCC(C)(C)O)c(=O)n4CCC(C)(C)O)n2)C[C@H](C)C1(F)F. The number of benzene rings is 1. The largest absolute Gasteiger partial charge is 0.390 e. The van der Waals surface area contributed by atoms with E-state index >= 15 is 0 Å². The predicted molar refractivity (Wildman–Crippen MR) is 154 cm³/mol. The zero-order chi connectivity index (χ0) is 29.6. The molecule has 3 aromatic rings. The molecule has 0 saturated carbocycles. The third-order valence-corrected chi connectivity index (χ3v) is 7.77. The molecule has 1 aliphatic rings. The molecule has 9 nitrogen and oxygen atoms in total. The predicted octanol–water partition coefficient (Wildman–Crippen LogP) is 5.04. The second kappa shape index (κ2) is 10.9. The highest BCUT2D eigenvalue weighted by molar-refractivity contribution is 6.32. The molecule has 0 spiro atoms. The lowest BCUT2D eigenvalue weighted by Gasteiger charge is -2.41. The quantitative estimate of drug-likeness (QED) is 0.325. The molecular weight excluding hydrogens is 542 g/mol. The van der Waals surface area contributed by atoms with E-state index in [0.29, 0.717) is 54.4 Å². The number of hydrogen-bond acceptors (Lipinski definition) is 7. The number of hydrogen-bond donors (Lipinski definition) is 3. The molecule has 0 aliphatic carbocycles. The molecule has 40 heavy (non-hydrogen) atoms. The number of halogens is 3. The molecule has 1 saturated heterocycles. The van der Waals surface area contributed by atoms with Crippen LogP contribution in [0.2, 0.25) is 5.02 Å². The van der Waals surface area contributed by atoms with Gasteiger partial charge in [-0.3, -0.25) is 9.13 Å². The Balaban J connectivity index is 1.67. The normalized spacial score (nSPS) is 19.8. The van der Waals surface area contributed by atoms with Gasteiger partial charge in [-0.1, -0.05) is 25.4 Å². The Kier molecular flexibility index (Phi) is 8.23. The van der Waals surface area contributed by atoms with Crippen LogP contribution in [0.1, 0.15) is 54.4 Å². The van der Waals surface area contributed by atoms with E-state index in [-0.39, 0.29) is 23.8 Å². The van der Waals surface area contributed by atoms with Crippen molar-refractivity contribution in [3.8, 4) is 0 Å². The lowest BCUT2D eigenvalue weighted by atomic mass is 9.87. The van der Waals surface area contributed by atoms with E-state index in [2.05, 4.69) is 15.3 Å². The Morgan fingerprint density at radius 1 is 1.02 bits per heavy atom. The maximum atomic E-state index is 14.4. The maximum Gasteiger partial charge on any atom is 0.329 e. The number of rotatable bonds is 9. The smallest absolute Gasteiger partial charge is 0.329 e. The summed E-state index contributed by atoms with van der Waals surface area (Å²) < 4.78 is 32.0. The summed E-state index contributed by atoms with van der Waals surface area (Å²) in [4.78, 5) is 24.0. The van der Waals surface area contributed by atoms with Gasteiger partial charge in [0, 0.05) is 43.7 Å². The van der Waals surface area contributed by atoms with E-state index in [0.717, 1.165) is 0 Å². The van der Waals surface area contributed by atoms with Crippen molar-refractivity contribution in [2.45, 2.75) is 84.6 Å². The van der Waals surface area contributed by atoms with E-state index in [1.54, 1.807) is 47.8 Å². The van der Waals surface area contributed by atoms with Gasteiger partial charge < -0.3 is 20.4 Å². The molecule has 1 unspecified atom stereocenters. The van der Waals surface area contributed by atoms with Gasteiger partial charge in [0.05, 0.1) is 28.4 Å². The number of aromatic nitrogens is 4. The molecule has 1 fully saturated rings. The first-order chi connectivity index (χ1) is 18.5. The van der Waals surface area contributed by atoms with Crippen LogP contribution in [0, 0.1) is 11.8 Å². The number of aliphatic hydroxyl groups is 2. The van der Waals surface area contributed by atoms with E-state index in [1.807, 2.05) is 12.1 Å². The Hall–Kier alpha value is -2.76. The molecule has 1 aliphatic heterocycles. The number of alkyl halides is 2. The van der Waals surface area contributed by atoms with Crippen LogP contribution in [0.25, 0.3) is 11.0 Å². The Morgan fingerprint density at radius 2 is 1.57 bits per heavy atom. The van der Waals surface area contributed by atoms with Gasteiger partial charge in [0.2, 0.25) is 5.95 Å². The molecule has 2 aromatic heterocycles. The summed E-state index contributed by atoms with van der Waals surface area (Å²) in [7, 11) is 0. The summed E-state index contributed by atoms with van der Waals surface area (Å²) in [6.07, 6.45) is 2.19. The first kappa shape index (κ1) is 30.2.